The highest BCUT2D eigenvalue weighted by Crippen LogP contribution is 2.14. The Bertz CT molecular complexity index is 718. The Kier molecular flexibility index (Phi) is 14.1. The third kappa shape index (κ3) is 10.5. The van der Waals surface area contributed by atoms with E-state index in [1.165, 1.54) is 50.5 Å². The van der Waals surface area contributed by atoms with Crippen molar-refractivity contribution in [2.75, 3.05) is 6.54 Å². The number of Topliss-reactive ketones (excluding diaryl/α,β-unsaturated/α-hetero) is 1. The number of hydrogen-bond acceptors (Lipinski definition) is 2. The molecule has 2 atom stereocenters. The summed E-state index contributed by atoms with van der Waals surface area (Å²) in [5.41, 5.74) is 3.04. The molecule has 2 aromatic rings. The van der Waals surface area contributed by atoms with Crippen LogP contribution >= 0.6 is 0 Å². The van der Waals surface area contributed by atoms with Gasteiger partial charge >= 0.3 is 0 Å². The fourth-order valence-corrected chi connectivity index (χ4v) is 3.85. The van der Waals surface area contributed by atoms with Crippen LogP contribution in [0.3, 0.4) is 0 Å². The topological polar surface area (TPSA) is 53.9 Å². The van der Waals surface area contributed by atoms with Crippen molar-refractivity contribution in [3.8, 4) is 0 Å². The van der Waals surface area contributed by atoms with Gasteiger partial charge in [0.25, 0.3) is 0 Å². The van der Waals surface area contributed by atoms with Crippen molar-refractivity contribution in [1.29, 1.82) is 0 Å². The number of aryl methyl sites for hydroxylation is 1. The molecule has 0 aliphatic rings. The zero-order chi connectivity index (χ0) is 21.6. The van der Waals surface area contributed by atoms with Gasteiger partial charge in [-0.25, -0.2) is 0 Å². The van der Waals surface area contributed by atoms with Crippen molar-refractivity contribution >= 4 is 5.78 Å². The first-order chi connectivity index (χ1) is 14.6. The maximum absolute atomic E-state index is 12.5. The second-order valence-electron chi connectivity index (χ2n) is 8.48. The number of aliphatic hydroxyl groups is 1. The molecule has 0 aromatic heterocycles. The largest absolute Gasteiger partial charge is 1.00 e. The zero-order valence-electron chi connectivity index (χ0n) is 19.2. The van der Waals surface area contributed by atoms with E-state index in [4.69, 9.17) is 0 Å². The van der Waals surface area contributed by atoms with Gasteiger partial charge in [-0.2, -0.15) is 0 Å². The standard InChI is InChI=1S/C27H39NO2.ClH/c1-3-4-5-6-7-8-10-13-23-16-18-24(19-17-23)26(29)20-21-28-22(2)27(30)25-14-11-9-12-15-25;/h9,11-12,14-19,22,27-28,30H,3-8,10,13,20-21H2,1-2H3;1H. The van der Waals surface area contributed by atoms with Crippen LogP contribution < -0.4 is 17.7 Å². The van der Waals surface area contributed by atoms with Gasteiger partial charge in [-0.05, 0) is 30.9 Å². The van der Waals surface area contributed by atoms with Crippen LogP contribution in [-0.4, -0.2) is 23.5 Å². The minimum atomic E-state index is -0.521. The molecule has 0 aliphatic heterocycles. The smallest absolute Gasteiger partial charge is 0.168 e. The minimum Gasteiger partial charge on any atom is -1.00 e. The maximum Gasteiger partial charge on any atom is 0.168 e. The van der Waals surface area contributed by atoms with Gasteiger partial charge < -0.3 is 22.8 Å². The van der Waals surface area contributed by atoms with E-state index in [0.717, 1.165) is 17.5 Å². The number of nitrogens with two attached hydrogens (primary N) is 1. The van der Waals surface area contributed by atoms with E-state index < -0.39 is 6.10 Å². The molecule has 2 unspecified atom stereocenters. The highest BCUT2D eigenvalue weighted by molar-refractivity contribution is 5.96. The summed E-state index contributed by atoms with van der Waals surface area (Å²) < 4.78 is 0. The van der Waals surface area contributed by atoms with E-state index in [1.807, 2.05) is 49.4 Å². The summed E-state index contributed by atoms with van der Waals surface area (Å²) in [5.74, 6) is 0.176. The lowest BCUT2D eigenvalue weighted by atomic mass is 10.0. The lowest BCUT2D eigenvalue weighted by Crippen LogP contribution is -3.00. The van der Waals surface area contributed by atoms with Crippen LogP contribution in [0.1, 0.15) is 92.8 Å². The fraction of sp³-hybridized carbons (Fsp3) is 0.519. The summed E-state index contributed by atoms with van der Waals surface area (Å²) in [6.45, 7) is 4.94. The van der Waals surface area contributed by atoms with Crippen LogP contribution in [0.15, 0.2) is 54.6 Å². The van der Waals surface area contributed by atoms with E-state index in [0.29, 0.717) is 13.0 Å². The molecule has 0 fully saturated rings. The monoisotopic (exact) mass is 445 g/mol. The molecule has 0 aliphatic carbocycles. The van der Waals surface area contributed by atoms with Crippen molar-refractivity contribution in [3.63, 3.8) is 0 Å². The van der Waals surface area contributed by atoms with Crippen LogP contribution in [0.2, 0.25) is 0 Å². The van der Waals surface area contributed by atoms with Gasteiger partial charge in [0.2, 0.25) is 0 Å². The number of aliphatic hydroxyl groups excluding tert-OH is 1. The highest BCUT2D eigenvalue weighted by Gasteiger charge is 2.19. The normalized spacial score (nSPS) is 12.7. The number of carbonyl (C=O) groups excluding carboxylic acids is 1. The molecule has 31 heavy (non-hydrogen) atoms. The summed E-state index contributed by atoms with van der Waals surface area (Å²) >= 11 is 0. The summed E-state index contributed by atoms with van der Waals surface area (Å²) in [4.78, 5) is 12.5. The number of ketones is 1. The Morgan fingerprint density at radius 3 is 2.16 bits per heavy atom. The zero-order valence-corrected chi connectivity index (χ0v) is 20.0. The SMILES string of the molecule is CCCCCCCCCc1ccc(C(=O)CC[NH2+]C(C)C(O)c2ccccc2)cc1.[Cl-]. The van der Waals surface area contributed by atoms with Gasteiger partial charge in [-0.3, -0.25) is 4.79 Å². The molecule has 0 bridgehead atoms. The average Bonchev–Trinajstić information content (AvgIpc) is 2.78. The Morgan fingerprint density at radius 1 is 0.903 bits per heavy atom. The summed E-state index contributed by atoms with van der Waals surface area (Å²) in [6.07, 6.45) is 10.3. The van der Waals surface area contributed by atoms with Gasteiger partial charge in [-0.15, -0.1) is 0 Å². The number of hydrogen-bond donors (Lipinski definition) is 2. The molecule has 0 saturated carbocycles. The quantitative estimate of drug-likeness (QED) is 0.326. The van der Waals surface area contributed by atoms with E-state index in [2.05, 4.69) is 24.4 Å². The first kappa shape index (κ1) is 27.4. The second-order valence-corrected chi connectivity index (χ2v) is 8.48. The van der Waals surface area contributed by atoms with Gasteiger partial charge in [0.05, 0.1) is 13.0 Å². The highest BCUT2D eigenvalue weighted by atomic mass is 35.5. The van der Waals surface area contributed by atoms with Crippen molar-refractivity contribution < 1.29 is 27.6 Å². The van der Waals surface area contributed by atoms with Crippen LogP contribution in [0.5, 0.6) is 0 Å². The number of quaternary nitrogens is 1. The van der Waals surface area contributed by atoms with Crippen molar-refractivity contribution in [2.24, 2.45) is 0 Å². The number of unbranched alkanes of at least 4 members (excludes halogenated alkanes) is 6. The van der Waals surface area contributed by atoms with E-state index in [1.54, 1.807) is 0 Å². The molecule has 0 spiro atoms. The number of halogens is 1. The molecule has 2 aromatic carbocycles. The molecule has 2 rings (SSSR count). The predicted molar refractivity (Wildman–Crippen MR) is 125 cm³/mol. The minimum absolute atomic E-state index is 0. The van der Waals surface area contributed by atoms with E-state index in [-0.39, 0.29) is 24.2 Å². The number of rotatable bonds is 15. The fourth-order valence-electron chi connectivity index (χ4n) is 3.85. The molecule has 172 valence electrons. The number of benzene rings is 2. The molecule has 3 nitrogen and oxygen atoms in total. The molecular formula is C27H40ClNO2. The Morgan fingerprint density at radius 2 is 1.52 bits per heavy atom. The summed E-state index contributed by atoms with van der Waals surface area (Å²) in [6, 6.07) is 17.9. The summed E-state index contributed by atoms with van der Waals surface area (Å²) in [7, 11) is 0. The van der Waals surface area contributed by atoms with Gasteiger partial charge in [0.1, 0.15) is 12.1 Å². The van der Waals surface area contributed by atoms with Crippen molar-refractivity contribution in [3.05, 3.63) is 71.3 Å². The first-order valence-electron chi connectivity index (χ1n) is 11.8. The lowest BCUT2D eigenvalue weighted by molar-refractivity contribution is -0.693. The molecule has 0 saturated heterocycles. The Balaban J connectivity index is 0.00000480. The maximum atomic E-state index is 12.5. The van der Waals surface area contributed by atoms with E-state index >= 15 is 0 Å². The van der Waals surface area contributed by atoms with Crippen molar-refractivity contribution in [2.45, 2.75) is 83.8 Å². The first-order valence-corrected chi connectivity index (χ1v) is 11.8. The van der Waals surface area contributed by atoms with Gasteiger partial charge in [-0.1, -0.05) is 100 Å². The molecule has 0 heterocycles. The Hall–Kier alpha value is -1.68. The Labute approximate surface area is 195 Å². The van der Waals surface area contributed by atoms with E-state index in [9.17, 15) is 9.90 Å². The second kappa shape index (κ2) is 16.0. The van der Waals surface area contributed by atoms with Gasteiger partial charge in [0, 0.05) is 5.56 Å². The molecular weight excluding hydrogens is 406 g/mol. The third-order valence-electron chi connectivity index (χ3n) is 5.89. The molecule has 0 amide bonds. The van der Waals surface area contributed by atoms with Crippen LogP contribution in [-0.2, 0) is 6.42 Å². The molecule has 4 heteroatoms. The van der Waals surface area contributed by atoms with Crippen LogP contribution in [0.25, 0.3) is 0 Å². The molecule has 3 N–H and O–H groups in total. The number of carbonyl (C=O) groups is 1. The van der Waals surface area contributed by atoms with Gasteiger partial charge in [0.15, 0.2) is 5.78 Å². The average molecular weight is 446 g/mol. The predicted octanol–water partition coefficient (Wildman–Crippen LogP) is 2.24. The third-order valence-corrected chi connectivity index (χ3v) is 5.89. The summed E-state index contributed by atoms with van der Waals surface area (Å²) in [5, 5.41) is 12.5. The molecule has 0 radical (unpaired) electrons. The van der Waals surface area contributed by atoms with Crippen LogP contribution in [0.4, 0.5) is 0 Å². The van der Waals surface area contributed by atoms with Crippen molar-refractivity contribution in [1.82, 2.24) is 0 Å². The van der Waals surface area contributed by atoms with Crippen LogP contribution in [0, 0.1) is 0 Å². The lowest BCUT2D eigenvalue weighted by Gasteiger charge is -2.17.